The molecule has 0 aromatic heterocycles. The molecule has 0 saturated heterocycles. The highest BCUT2D eigenvalue weighted by Gasteiger charge is 2.25. The largest absolute Gasteiger partial charge is 0.426 e. The summed E-state index contributed by atoms with van der Waals surface area (Å²) in [4.78, 5) is 0. The molecule has 0 heterocycles. The topological polar surface area (TPSA) is 35.2 Å². The standard InChI is InChI=1S/C16H15ClF3NOS/c17-14-7-2-6-13(15(14)21)11-4-1-5-12(10-11)22-23-9-3-8-16(18,19)20/h1-2,4-7,10H,3,8-9,21H2. The molecule has 124 valence electrons. The van der Waals surface area contributed by atoms with Crippen LogP contribution in [0.25, 0.3) is 11.1 Å². The van der Waals surface area contributed by atoms with Gasteiger partial charge in [-0.25, -0.2) is 0 Å². The minimum Gasteiger partial charge on any atom is -0.426 e. The smallest absolute Gasteiger partial charge is 0.389 e. The van der Waals surface area contributed by atoms with Gasteiger partial charge in [0.15, 0.2) is 0 Å². The van der Waals surface area contributed by atoms with Crippen LogP contribution >= 0.6 is 23.6 Å². The number of anilines is 1. The number of hydrogen-bond donors (Lipinski definition) is 1. The average Bonchev–Trinajstić information content (AvgIpc) is 2.49. The Labute approximate surface area is 142 Å². The monoisotopic (exact) mass is 361 g/mol. The van der Waals surface area contributed by atoms with Gasteiger partial charge in [0, 0.05) is 17.7 Å². The Hall–Kier alpha value is -1.53. The van der Waals surface area contributed by atoms with Crippen LogP contribution in [0.15, 0.2) is 42.5 Å². The molecular formula is C16H15ClF3NOS. The van der Waals surface area contributed by atoms with Gasteiger partial charge in [-0.2, -0.15) is 13.2 Å². The zero-order valence-electron chi connectivity index (χ0n) is 12.1. The molecule has 2 rings (SSSR count). The molecule has 2 nitrogen and oxygen atoms in total. The fraction of sp³-hybridized carbons (Fsp3) is 0.250. The minimum absolute atomic E-state index is 0.0229. The maximum atomic E-state index is 12.0. The summed E-state index contributed by atoms with van der Waals surface area (Å²) in [5.41, 5.74) is 8.05. The summed E-state index contributed by atoms with van der Waals surface area (Å²) < 4.78 is 41.6. The Balaban J connectivity index is 1.96. The molecule has 0 atom stereocenters. The molecule has 2 aromatic rings. The quantitative estimate of drug-likeness (QED) is 0.391. The van der Waals surface area contributed by atoms with Gasteiger partial charge in [-0.3, -0.25) is 0 Å². The highest BCUT2D eigenvalue weighted by atomic mass is 35.5. The third-order valence-electron chi connectivity index (χ3n) is 3.04. The van der Waals surface area contributed by atoms with Crippen molar-refractivity contribution < 1.29 is 17.4 Å². The van der Waals surface area contributed by atoms with Gasteiger partial charge in [0.05, 0.1) is 22.8 Å². The maximum absolute atomic E-state index is 12.0. The fourth-order valence-corrected chi connectivity index (χ4v) is 2.71. The molecule has 0 amide bonds. The van der Waals surface area contributed by atoms with Crippen LogP contribution in [0.2, 0.25) is 5.02 Å². The lowest BCUT2D eigenvalue weighted by atomic mass is 10.0. The highest BCUT2D eigenvalue weighted by molar-refractivity contribution is 7.95. The van der Waals surface area contributed by atoms with Crippen molar-refractivity contribution in [2.75, 3.05) is 11.5 Å². The lowest BCUT2D eigenvalue weighted by Crippen LogP contribution is -2.07. The van der Waals surface area contributed by atoms with Gasteiger partial charge in [-0.05, 0) is 30.2 Å². The molecule has 0 saturated carbocycles. The molecular weight excluding hydrogens is 347 g/mol. The van der Waals surface area contributed by atoms with Gasteiger partial charge in [0.1, 0.15) is 5.75 Å². The first-order valence-electron chi connectivity index (χ1n) is 6.87. The summed E-state index contributed by atoms with van der Waals surface area (Å²) in [6, 6.07) is 12.5. The van der Waals surface area contributed by atoms with Crippen LogP contribution in [-0.2, 0) is 0 Å². The SMILES string of the molecule is Nc1c(Cl)cccc1-c1cccc(OSCCCC(F)(F)F)c1. The van der Waals surface area contributed by atoms with Gasteiger partial charge in [0.2, 0.25) is 0 Å². The molecule has 0 fully saturated rings. The van der Waals surface area contributed by atoms with Crippen molar-refractivity contribution in [3.05, 3.63) is 47.5 Å². The van der Waals surface area contributed by atoms with Gasteiger partial charge in [0.25, 0.3) is 0 Å². The second-order valence-corrected chi connectivity index (χ2v) is 6.07. The molecule has 0 bridgehead atoms. The predicted octanol–water partition coefficient (Wildman–Crippen LogP) is 5.96. The third kappa shape index (κ3) is 5.55. The first-order chi connectivity index (χ1) is 10.9. The van der Waals surface area contributed by atoms with Crippen LogP contribution in [0.3, 0.4) is 0 Å². The molecule has 2 aromatic carbocycles. The van der Waals surface area contributed by atoms with Crippen LogP contribution in [0.1, 0.15) is 12.8 Å². The van der Waals surface area contributed by atoms with Crippen molar-refractivity contribution in [1.29, 1.82) is 0 Å². The van der Waals surface area contributed by atoms with Crippen LogP contribution < -0.4 is 9.92 Å². The second kappa shape index (κ2) is 7.84. The predicted molar refractivity (Wildman–Crippen MR) is 89.7 cm³/mol. The Morgan fingerprint density at radius 3 is 2.61 bits per heavy atom. The van der Waals surface area contributed by atoms with Crippen molar-refractivity contribution in [2.45, 2.75) is 19.0 Å². The number of para-hydroxylation sites is 1. The summed E-state index contributed by atoms with van der Waals surface area (Å²) in [7, 11) is 0. The van der Waals surface area contributed by atoms with Crippen molar-refractivity contribution in [2.24, 2.45) is 0 Å². The number of alkyl halides is 3. The van der Waals surface area contributed by atoms with E-state index in [0.717, 1.165) is 23.2 Å². The van der Waals surface area contributed by atoms with E-state index in [4.69, 9.17) is 21.5 Å². The number of benzene rings is 2. The van der Waals surface area contributed by atoms with E-state index >= 15 is 0 Å². The molecule has 0 aliphatic carbocycles. The zero-order valence-corrected chi connectivity index (χ0v) is 13.6. The molecule has 0 spiro atoms. The number of hydrogen-bond acceptors (Lipinski definition) is 3. The molecule has 0 radical (unpaired) electrons. The number of nitrogens with two attached hydrogens (primary N) is 1. The Bertz CT molecular complexity index is 664. The van der Waals surface area contributed by atoms with E-state index in [9.17, 15) is 13.2 Å². The zero-order chi connectivity index (χ0) is 16.9. The maximum Gasteiger partial charge on any atom is 0.389 e. The number of rotatable bonds is 6. The Morgan fingerprint density at radius 1 is 1.13 bits per heavy atom. The highest BCUT2D eigenvalue weighted by Crippen LogP contribution is 2.33. The molecule has 0 unspecified atom stereocenters. The van der Waals surface area contributed by atoms with Gasteiger partial charge >= 0.3 is 6.18 Å². The van der Waals surface area contributed by atoms with E-state index in [-0.39, 0.29) is 12.2 Å². The van der Waals surface area contributed by atoms with Crippen molar-refractivity contribution in [3.63, 3.8) is 0 Å². The van der Waals surface area contributed by atoms with Crippen molar-refractivity contribution >= 4 is 29.3 Å². The van der Waals surface area contributed by atoms with Crippen LogP contribution in [0, 0.1) is 0 Å². The lowest BCUT2D eigenvalue weighted by Gasteiger charge is -2.10. The first-order valence-corrected chi connectivity index (χ1v) is 8.16. The van der Waals surface area contributed by atoms with Crippen LogP contribution in [0.5, 0.6) is 5.75 Å². The van der Waals surface area contributed by atoms with Gasteiger partial charge in [-0.1, -0.05) is 35.9 Å². The van der Waals surface area contributed by atoms with E-state index in [0.29, 0.717) is 16.5 Å². The van der Waals surface area contributed by atoms with Crippen molar-refractivity contribution in [3.8, 4) is 16.9 Å². The third-order valence-corrected chi connectivity index (χ3v) is 4.14. The van der Waals surface area contributed by atoms with E-state index in [1.807, 2.05) is 12.1 Å². The van der Waals surface area contributed by atoms with Crippen LogP contribution in [-0.4, -0.2) is 11.9 Å². The second-order valence-electron chi connectivity index (χ2n) is 4.85. The average molecular weight is 362 g/mol. The van der Waals surface area contributed by atoms with Gasteiger partial charge in [-0.15, -0.1) is 0 Å². The molecule has 0 aliphatic rings. The summed E-state index contributed by atoms with van der Waals surface area (Å²) in [5.74, 6) is 0.821. The summed E-state index contributed by atoms with van der Waals surface area (Å²) in [6.07, 6.45) is -4.90. The normalized spacial score (nSPS) is 11.5. The first kappa shape index (κ1) is 17.8. The molecule has 0 aliphatic heterocycles. The summed E-state index contributed by atoms with van der Waals surface area (Å²) in [6.45, 7) is 0. The molecule has 7 heteroatoms. The van der Waals surface area contributed by atoms with E-state index in [1.54, 1.807) is 30.3 Å². The van der Waals surface area contributed by atoms with E-state index in [2.05, 4.69) is 0 Å². The van der Waals surface area contributed by atoms with Crippen LogP contribution in [0.4, 0.5) is 18.9 Å². The molecule has 2 N–H and O–H groups in total. The minimum atomic E-state index is -4.12. The van der Waals surface area contributed by atoms with Crippen molar-refractivity contribution in [1.82, 2.24) is 0 Å². The summed E-state index contributed by atoms with van der Waals surface area (Å²) in [5, 5.41) is 0.468. The Kier molecular flexibility index (Phi) is 6.07. The van der Waals surface area contributed by atoms with E-state index < -0.39 is 12.6 Å². The van der Waals surface area contributed by atoms with Gasteiger partial charge < -0.3 is 9.92 Å². The number of halogens is 4. The molecule has 23 heavy (non-hydrogen) atoms. The lowest BCUT2D eigenvalue weighted by molar-refractivity contribution is -0.134. The number of nitrogen functional groups attached to an aromatic ring is 1. The van der Waals surface area contributed by atoms with E-state index in [1.165, 1.54) is 0 Å². The Morgan fingerprint density at radius 2 is 1.87 bits per heavy atom. The summed E-state index contributed by atoms with van der Waals surface area (Å²) >= 11 is 7.01. The fourth-order valence-electron chi connectivity index (χ4n) is 1.95.